The fourth-order valence-corrected chi connectivity index (χ4v) is 6.27. The van der Waals surface area contributed by atoms with Gasteiger partial charge in [-0.3, -0.25) is 19.2 Å². The predicted octanol–water partition coefficient (Wildman–Crippen LogP) is 4.65. The standard InChI is InChI=1S/C23H17BrN4O4S2/c1-13(14-6-3-2-4-7-14)12-28-22(29)16-10-15(24)11-18(20(16)23(28)30)27-34(31,32)19-9-5-8-17-21(19)26-33-25-17/h2-11,13,27H,12H2,1H3/t13-/m1/s1. The number of rotatable bonds is 6. The first-order chi connectivity index (χ1) is 16.3. The summed E-state index contributed by atoms with van der Waals surface area (Å²) >= 11 is 4.24. The van der Waals surface area contributed by atoms with Gasteiger partial charge < -0.3 is 0 Å². The van der Waals surface area contributed by atoms with Crippen molar-refractivity contribution in [1.82, 2.24) is 13.6 Å². The SMILES string of the molecule is C[C@H](CN1C(=O)c2cc(Br)cc(NS(=O)(=O)c3cccc4nsnc34)c2C1=O)c1ccccc1. The normalized spacial score (nSPS) is 14.5. The Morgan fingerprint density at radius 1 is 1.03 bits per heavy atom. The third-order valence-electron chi connectivity index (χ3n) is 5.65. The fourth-order valence-electron chi connectivity index (χ4n) is 3.98. The molecule has 0 spiro atoms. The quantitative estimate of drug-likeness (QED) is 0.346. The number of carbonyl (C=O) groups excluding carboxylic acids is 2. The van der Waals surface area contributed by atoms with Crippen LogP contribution in [0.2, 0.25) is 0 Å². The van der Waals surface area contributed by atoms with Crippen LogP contribution in [0, 0.1) is 0 Å². The lowest BCUT2D eigenvalue weighted by Crippen LogP contribution is -2.33. The van der Waals surface area contributed by atoms with Crippen LogP contribution >= 0.6 is 27.7 Å². The summed E-state index contributed by atoms with van der Waals surface area (Å²) < 4.78 is 37.6. The Hall–Kier alpha value is -3.15. The maximum atomic E-state index is 13.3. The average molecular weight is 557 g/mol. The predicted molar refractivity (Wildman–Crippen MR) is 133 cm³/mol. The zero-order valence-corrected chi connectivity index (χ0v) is 20.9. The van der Waals surface area contributed by atoms with Crippen molar-refractivity contribution in [2.45, 2.75) is 17.7 Å². The molecule has 0 saturated carbocycles. The highest BCUT2D eigenvalue weighted by Crippen LogP contribution is 2.35. The van der Waals surface area contributed by atoms with E-state index in [1.807, 2.05) is 37.3 Å². The Labute approximate surface area is 208 Å². The molecule has 0 unspecified atom stereocenters. The largest absolute Gasteiger partial charge is 0.279 e. The van der Waals surface area contributed by atoms with Crippen molar-refractivity contribution < 1.29 is 18.0 Å². The van der Waals surface area contributed by atoms with Crippen molar-refractivity contribution in [3.05, 3.63) is 81.8 Å². The van der Waals surface area contributed by atoms with Gasteiger partial charge in [-0.05, 0) is 35.7 Å². The van der Waals surface area contributed by atoms with Gasteiger partial charge in [-0.25, -0.2) is 8.42 Å². The van der Waals surface area contributed by atoms with Gasteiger partial charge in [0.2, 0.25) is 0 Å². The zero-order chi connectivity index (χ0) is 24.0. The van der Waals surface area contributed by atoms with Crippen LogP contribution in [0.4, 0.5) is 5.69 Å². The van der Waals surface area contributed by atoms with E-state index in [2.05, 4.69) is 29.4 Å². The molecule has 2 amide bonds. The highest BCUT2D eigenvalue weighted by Gasteiger charge is 2.39. The number of sulfonamides is 1. The number of imide groups is 1. The van der Waals surface area contributed by atoms with Gasteiger partial charge in [-0.15, -0.1) is 0 Å². The van der Waals surface area contributed by atoms with Crippen LogP contribution in [0.1, 0.15) is 39.1 Å². The van der Waals surface area contributed by atoms with Crippen LogP contribution in [0.5, 0.6) is 0 Å². The van der Waals surface area contributed by atoms with Crippen LogP contribution in [0.25, 0.3) is 11.0 Å². The van der Waals surface area contributed by atoms with E-state index in [0.29, 0.717) is 9.99 Å². The van der Waals surface area contributed by atoms with Crippen LogP contribution in [-0.2, 0) is 10.0 Å². The summed E-state index contributed by atoms with van der Waals surface area (Å²) in [5.74, 6) is -1.10. The van der Waals surface area contributed by atoms with Gasteiger partial charge in [0.15, 0.2) is 0 Å². The second-order valence-corrected chi connectivity index (χ2v) is 11.0. The molecule has 0 saturated heterocycles. The average Bonchev–Trinajstić information content (AvgIpc) is 3.38. The summed E-state index contributed by atoms with van der Waals surface area (Å²) in [6.07, 6.45) is 0. The number of hydrogen-bond acceptors (Lipinski definition) is 7. The summed E-state index contributed by atoms with van der Waals surface area (Å²) in [6, 6.07) is 17.2. The summed E-state index contributed by atoms with van der Waals surface area (Å²) in [6.45, 7) is 2.10. The van der Waals surface area contributed by atoms with Crippen LogP contribution < -0.4 is 4.72 Å². The number of nitrogens with zero attached hydrogens (tertiary/aromatic N) is 3. The van der Waals surface area contributed by atoms with Gasteiger partial charge in [0, 0.05) is 11.0 Å². The monoisotopic (exact) mass is 556 g/mol. The zero-order valence-electron chi connectivity index (χ0n) is 17.7. The summed E-state index contributed by atoms with van der Waals surface area (Å²) in [5.41, 5.74) is 1.89. The molecule has 0 fully saturated rings. The smallest absolute Gasteiger partial charge is 0.264 e. The summed E-state index contributed by atoms with van der Waals surface area (Å²) in [4.78, 5) is 27.6. The Morgan fingerprint density at radius 3 is 2.56 bits per heavy atom. The molecule has 8 nitrogen and oxygen atoms in total. The first-order valence-corrected chi connectivity index (χ1v) is 13.3. The summed E-state index contributed by atoms with van der Waals surface area (Å²) in [7, 11) is -4.12. The molecule has 11 heteroatoms. The molecule has 34 heavy (non-hydrogen) atoms. The van der Waals surface area contributed by atoms with Crippen molar-refractivity contribution in [2.75, 3.05) is 11.3 Å². The molecule has 1 aliphatic rings. The van der Waals surface area contributed by atoms with Crippen molar-refractivity contribution >= 4 is 66.2 Å². The van der Waals surface area contributed by atoms with E-state index >= 15 is 0 Å². The lowest BCUT2D eigenvalue weighted by molar-refractivity contribution is 0.0647. The van der Waals surface area contributed by atoms with Gasteiger partial charge in [-0.2, -0.15) is 8.75 Å². The maximum Gasteiger partial charge on any atom is 0.264 e. The number of halogens is 1. The number of fused-ring (bicyclic) bond motifs is 2. The van der Waals surface area contributed by atoms with Gasteiger partial charge >= 0.3 is 0 Å². The first kappa shape index (κ1) is 22.6. The molecule has 4 aromatic rings. The highest BCUT2D eigenvalue weighted by atomic mass is 79.9. The van der Waals surface area contributed by atoms with Crippen molar-refractivity contribution in [1.29, 1.82) is 0 Å². The number of carbonyl (C=O) groups is 2. The number of amides is 2. The first-order valence-electron chi connectivity index (χ1n) is 10.2. The van der Waals surface area contributed by atoms with Gasteiger partial charge in [0.25, 0.3) is 21.8 Å². The number of benzene rings is 3. The molecule has 1 aliphatic heterocycles. The number of aromatic nitrogens is 2. The Kier molecular flexibility index (Phi) is 5.70. The summed E-state index contributed by atoms with van der Waals surface area (Å²) in [5, 5.41) is 0. The maximum absolute atomic E-state index is 13.3. The molecule has 0 bridgehead atoms. The molecule has 0 aliphatic carbocycles. The van der Waals surface area contributed by atoms with Crippen LogP contribution in [-0.4, -0.2) is 40.4 Å². The Balaban J connectivity index is 1.51. The third-order valence-corrected chi connectivity index (χ3v) is 8.04. The molecule has 3 aromatic carbocycles. The fraction of sp³-hybridized carbons (Fsp3) is 0.130. The second kappa shape index (κ2) is 8.57. The molecular weight excluding hydrogens is 540 g/mol. The van der Waals surface area contributed by atoms with E-state index in [4.69, 9.17) is 0 Å². The number of hydrogen-bond donors (Lipinski definition) is 1. The van der Waals surface area contributed by atoms with Crippen molar-refractivity contribution in [2.24, 2.45) is 0 Å². The van der Waals surface area contributed by atoms with Crippen molar-refractivity contribution in [3.63, 3.8) is 0 Å². The molecule has 1 atom stereocenters. The minimum Gasteiger partial charge on any atom is -0.279 e. The number of nitrogens with one attached hydrogen (secondary N) is 1. The van der Waals surface area contributed by atoms with E-state index < -0.39 is 21.8 Å². The second-order valence-electron chi connectivity index (χ2n) is 7.90. The van der Waals surface area contributed by atoms with Crippen LogP contribution in [0.15, 0.2) is 70.0 Å². The van der Waals surface area contributed by atoms with Gasteiger partial charge in [-0.1, -0.05) is 59.3 Å². The minimum absolute atomic E-state index is 0.0257. The Bertz CT molecular complexity index is 1550. The topological polar surface area (TPSA) is 109 Å². The van der Waals surface area contributed by atoms with E-state index in [-0.39, 0.29) is 39.7 Å². The number of anilines is 1. The van der Waals surface area contributed by atoms with Crippen molar-refractivity contribution in [3.8, 4) is 0 Å². The van der Waals surface area contributed by atoms with E-state index in [0.717, 1.165) is 22.2 Å². The molecule has 172 valence electrons. The van der Waals surface area contributed by atoms with E-state index in [1.165, 1.54) is 18.2 Å². The minimum atomic E-state index is -4.12. The third kappa shape index (κ3) is 3.89. The lowest BCUT2D eigenvalue weighted by atomic mass is 10.0. The highest BCUT2D eigenvalue weighted by molar-refractivity contribution is 9.10. The molecule has 5 rings (SSSR count). The molecule has 1 N–H and O–H groups in total. The van der Waals surface area contributed by atoms with E-state index in [9.17, 15) is 18.0 Å². The molecule has 0 radical (unpaired) electrons. The van der Waals surface area contributed by atoms with Gasteiger partial charge in [0.1, 0.15) is 15.9 Å². The molecular formula is C23H17BrN4O4S2. The van der Waals surface area contributed by atoms with Gasteiger partial charge in [0.05, 0.1) is 28.5 Å². The molecule has 1 aromatic heterocycles. The lowest BCUT2D eigenvalue weighted by Gasteiger charge is -2.19. The molecule has 2 heterocycles. The Morgan fingerprint density at radius 2 is 1.79 bits per heavy atom. The van der Waals surface area contributed by atoms with Crippen LogP contribution in [0.3, 0.4) is 0 Å². The van der Waals surface area contributed by atoms with E-state index in [1.54, 1.807) is 12.1 Å².